The summed E-state index contributed by atoms with van der Waals surface area (Å²) in [4.78, 5) is 26.2. The van der Waals surface area contributed by atoms with Crippen molar-refractivity contribution in [2.24, 2.45) is 0 Å². The molecular weight excluding hydrogens is 256 g/mol. The van der Waals surface area contributed by atoms with Gasteiger partial charge in [0.2, 0.25) is 0 Å². The van der Waals surface area contributed by atoms with Crippen LogP contribution in [0.2, 0.25) is 0 Å². The Bertz CT molecular complexity index is 498. The van der Waals surface area contributed by atoms with Crippen LogP contribution in [0.5, 0.6) is 5.75 Å². The summed E-state index contributed by atoms with van der Waals surface area (Å²) in [5.41, 5.74) is 0.537. The molecule has 0 fully saturated rings. The van der Waals surface area contributed by atoms with Gasteiger partial charge in [0.05, 0.1) is 18.2 Å². The number of benzene rings is 1. The summed E-state index contributed by atoms with van der Waals surface area (Å²) in [6.45, 7) is 5.49. The Hall–Kier alpha value is -2.04. The van der Waals surface area contributed by atoms with E-state index in [9.17, 15) is 9.59 Å². The summed E-state index contributed by atoms with van der Waals surface area (Å²) in [5, 5.41) is 2.81. The fourth-order valence-corrected chi connectivity index (χ4v) is 2.29. The standard InChI is InChI=1S/C15H20N2O3/c1-3-17(4-2)15(19)16-12-9-10-20-13-8-6-5-7-11(13)14(12)18/h5-8,12H,3-4,9-10H2,1-2H3,(H,16,19). The molecule has 1 aliphatic rings. The Morgan fingerprint density at radius 2 is 2.05 bits per heavy atom. The maximum absolute atomic E-state index is 12.5. The lowest BCUT2D eigenvalue weighted by Crippen LogP contribution is -2.47. The number of para-hydroxylation sites is 1. The number of fused-ring (bicyclic) bond motifs is 1. The Morgan fingerprint density at radius 1 is 1.35 bits per heavy atom. The predicted octanol–water partition coefficient (Wildman–Crippen LogP) is 2.07. The van der Waals surface area contributed by atoms with Crippen molar-refractivity contribution in [1.82, 2.24) is 10.2 Å². The van der Waals surface area contributed by atoms with Gasteiger partial charge < -0.3 is 15.0 Å². The molecule has 1 unspecified atom stereocenters. The molecule has 108 valence electrons. The van der Waals surface area contributed by atoms with Crippen LogP contribution in [0, 0.1) is 0 Å². The van der Waals surface area contributed by atoms with Crippen LogP contribution in [-0.4, -0.2) is 42.5 Å². The van der Waals surface area contributed by atoms with E-state index >= 15 is 0 Å². The highest BCUT2D eigenvalue weighted by Crippen LogP contribution is 2.23. The molecular formula is C15H20N2O3. The molecule has 0 aromatic heterocycles. The molecule has 1 heterocycles. The van der Waals surface area contributed by atoms with Crippen molar-refractivity contribution in [2.45, 2.75) is 26.3 Å². The highest BCUT2D eigenvalue weighted by Gasteiger charge is 2.28. The van der Waals surface area contributed by atoms with E-state index in [1.54, 1.807) is 23.1 Å². The first-order valence-electron chi connectivity index (χ1n) is 6.98. The number of Topliss-reactive ketones (excluding diaryl/α,β-unsaturated/α-hetero) is 1. The smallest absolute Gasteiger partial charge is 0.317 e. The number of urea groups is 1. The molecule has 2 rings (SSSR count). The number of rotatable bonds is 3. The third-order valence-electron chi connectivity index (χ3n) is 3.48. The van der Waals surface area contributed by atoms with Crippen LogP contribution >= 0.6 is 0 Å². The summed E-state index contributed by atoms with van der Waals surface area (Å²) in [7, 11) is 0. The lowest BCUT2D eigenvalue weighted by atomic mass is 10.0. The molecule has 0 saturated carbocycles. The number of nitrogens with one attached hydrogen (secondary N) is 1. The zero-order chi connectivity index (χ0) is 14.5. The molecule has 0 radical (unpaired) electrons. The summed E-state index contributed by atoms with van der Waals surface area (Å²) in [5.74, 6) is 0.510. The number of ether oxygens (including phenoxy) is 1. The molecule has 0 bridgehead atoms. The topological polar surface area (TPSA) is 58.6 Å². The number of carbonyl (C=O) groups is 2. The molecule has 1 atom stereocenters. The van der Waals surface area contributed by atoms with Gasteiger partial charge in [0, 0.05) is 19.5 Å². The van der Waals surface area contributed by atoms with Gasteiger partial charge in [-0.1, -0.05) is 12.1 Å². The van der Waals surface area contributed by atoms with Crippen molar-refractivity contribution in [3.63, 3.8) is 0 Å². The van der Waals surface area contributed by atoms with Crippen molar-refractivity contribution in [3.05, 3.63) is 29.8 Å². The molecule has 5 nitrogen and oxygen atoms in total. The largest absolute Gasteiger partial charge is 0.493 e. The molecule has 2 amide bonds. The Kier molecular flexibility index (Phi) is 4.61. The third kappa shape index (κ3) is 2.92. The minimum atomic E-state index is -0.522. The number of hydrogen-bond donors (Lipinski definition) is 1. The minimum absolute atomic E-state index is 0.0846. The third-order valence-corrected chi connectivity index (χ3v) is 3.48. The van der Waals surface area contributed by atoms with Gasteiger partial charge in [0.25, 0.3) is 0 Å². The van der Waals surface area contributed by atoms with Gasteiger partial charge in [-0.15, -0.1) is 0 Å². The second-order valence-electron chi connectivity index (χ2n) is 4.67. The molecule has 0 aliphatic carbocycles. The molecule has 20 heavy (non-hydrogen) atoms. The quantitative estimate of drug-likeness (QED) is 0.919. The monoisotopic (exact) mass is 276 g/mol. The number of ketones is 1. The van der Waals surface area contributed by atoms with E-state index < -0.39 is 6.04 Å². The van der Waals surface area contributed by atoms with Gasteiger partial charge in [-0.05, 0) is 26.0 Å². The van der Waals surface area contributed by atoms with E-state index in [1.807, 2.05) is 19.9 Å². The lowest BCUT2D eigenvalue weighted by Gasteiger charge is -2.22. The van der Waals surface area contributed by atoms with Crippen LogP contribution in [0.15, 0.2) is 24.3 Å². The minimum Gasteiger partial charge on any atom is -0.493 e. The van der Waals surface area contributed by atoms with Crippen molar-refractivity contribution in [3.8, 4) is 5.75 Å². The highest BCUT2D eigenvalue weighted by molar-refractivity contribution is 6.04. The molecule has 0 spiro atoms. The average molecular weight is 276 g/mol. The first-order chi connectivity index (χ1) is 9.67. The summed E-state index contributed by atoms with van der Waals surface area (Å²) in [6, 6.07) is 6.43. The fourth-order valence-electron chi connectivity index (χ4n) is 2.29. The van der Waals surface area contributed by atoms with Crippen LogP contribution in [0.4, 0.5) is 4.79 Å². The second kappa shape index (κ2) is 6.41. The Balaban J connectivity index is 2.14. The number of nitrogens with zero attached hydrogens (tertiary/aromatic N) is 1. The fraction of sp³-hybridized carbons (Fsp3) is 0.467. The summed E-state index contributed by atoms with van der Waals surface area (Å²) in [6.07, 6.45) is 0.487. The van der Waals surface area contributed by atoms with Crippen LogP contribution in [-0.2, 0) is 0 Å². The van der Waals surface area contributed by atoms with Gasteiger partial charge >= 0.3 is 6.03 Å². The molecule has 1 N–H and O–H groups in total. The van der Waals surface area contributed by atoms with E-state index in [2.05, 4.69) is 5.32 Å². The summed E-state index contributed by atoms with van der Waals surface area (Å²) >= 11 is 0. The number of carbonyl (C=O) groups excluding carboxylic acids is 2. The Labute approximate surface area is 118 Å². The average Bonchev–Trinajstić information content (AvgIpc) is 2.61. The van der Waals surface area contributed by atoms with Crippen LogP contribution in [0.1, 0.15) is 30.6 Å². The first kappa shape index (κ1) is 14.4. The SMILES string of the molecule is CCN(CC)C(=O)NC1CCOc2ccccc2C1=O. The van der Waals surface area contributed by atoms with Crippen LogP contribution in [0.25, 0.3) is 0 Å². The highest BCUT2D eigenvalue weighted by atomic mass is 16.5. The molecule has 1 aromatic rings. The van der Waals surface area contributed by atoms with Crippen molar-refractivity contribution >= 4 is 11.8 Å². The molecule has 1 aromatic carbocycles. The van der Waals surface area contributed by atoms with Crippen molar-refractivity contribution in [2.75, 3.05) is 19.7 Å². The zero-order valence-corrected chi connectivity index (χ0v) is 11.9. The predicted molar refractivity (Wildman–Crippen MR) is 76.1 cm³/mol. The second-order valence-corrected chi connectivity index (χ2v) is 4.67. The van der Waals surface area contributed by atoms with E-state index in [0.717, 1.165) is 0 Å². The normalized spacial score (nSPS) is 17.7. The maximum atomic E-state index is 12.5. The van der Waals surface area contributed by atoms with Gasteiger partial charge in [-0.2, -0.15) is 0 Å². The summed E-state index contributed by atoms with van der Waals surface area (Å²) < 4.78 is 5.56. The van der Waals surface area contributed by atoms with Gasteiger partial charge in [0.1, 0.15) is 5.75 Å². The molecule has 0 saturated heterocycles. The first-order valence-corrected chi connectivity index (χ1v) is 6.98. The molecule has 1 aliphatic heterocycles. The van der Waals surface area contributed by atoms with Gasteiger partial charge in [0.15, 0.2) is 5.78 Å². The maximum Gasteiger partial charge on any atom is 0.317 e. The molecule has 5 heteroatoms. The van der Waals surface area contributed by atoms with Crippen LogP contribution < -0.4 is 10.1 Å². The Morgan fingerprint density at radius 3 is 2.75 bits per heavy atom. The van der Waals surface area contributed by atoms with Crippen LogP contribution in [0.3, 0.4) is 0 Å². The zero-order valence-electron chi connectivity index (χ0n) is 11.9. The van der Waals surface area contributed by atoms with E-state index in [1.165, 1.54) is 0 Å². The van der Waals surface area contributed by atoms with Crippen molar-refractivity contribution in [1.29, 1.82) is 0 Å². The number of amides is 2. The van der Waals surface area contributed by atoms with Gasteiger partial charge in [-0.25, -0.2) is 4.79 Å². The van der Waals surface area contributed by atoms with Gasteiger partial charge in [-0.3, -0.25) is 4.79 Å². The van der Waals surface area contributed by atoms with E-state index in [0.29, 0.717) is 37.4 Å². The van der Waals surface area contributed by atoms with Crippen molar-refractivity contribution < 1.29 is 14.3 Å². The van der Waals surface area contributed by atoms with E-state index in [4.69, 9.17) is 4.74 Å². The van der Waals surface area contributed by atoms with E-state index in [-0.39, 0.29) is 11.8 Å². The number of hydrogen-bond acceptors (Lipinski definition) is 3. The lowest BCUT2D eigenvalue weighted by molar-refractivity contribution is 0.0938.